The van der Waals surface area contributed by atoms with E-state index in [-0.39, 0.29) is 12.1 Å². The highest BCUT2D eigenvalue weighted by atomic mass is 19.1. The van der Waals surface area contributed by atoms with Crippen LogP contribution >= 0.6 is 0 Å². The Morgan fingerprint density at radius 2 is 2.21 bits per heavy atom. The Morgan fingerprint density at radius 1 is 1.50 bits per heavy atom. The van der Waals surface area contributed by atoms with Gasteiger partial charge in [0.2, 0.25) is 0 Å². The highest BCUT2D eigenvalue weighted by molar-refractivity contribution is 5.99. The molecule has 14 heavy (non-hydrogen) atoms. The summed E-state index contributed by atoms with van der Waals surface area (Å²) in [5.74, 6) is -2.77. The number of carbonyl (C=O) groups is 1. The van der Waals surface area contributed by atoms with Gasteiger partial charge in [-0.1, -0.05) is 0 Å². The topological polar surface area (TPSA) is 38.3 Å². The summed E-state index contributed by atoms with van der Waals surface area (Å²) in [5.41, 5.74) is 0.203. The van der Waals surface area contributed by atoms with Gasteiger partial charge in [0.1, 0.15) is 0 Å². The number of methoxy groups -OCH3 is 1. The lowest BCUT2D eigenvalue weighted by Crippen LogP contribution is -2.13. The van der Waals surface area contributed by atoms with Crippen LogP contribution in [0, 0.1) is 11.6 Å². The molecule has 0 unspecified atom stereocenters. The second-order valence-electron chi connectivity index (χ2n) is 2.92. The first kappa shape index (κ1) is 8.93. The molecule has 0 saturated carbocycles. The minimum absolute atomic E-state index is 0.122. The van der Waals surface area contributed by atoms with Crippen LogP contribution in [0.25, 0.3) is 0 Å². The van der Waals surface area contributed by atoms with Crippen LogP contribution in [0.4, 0.5) is 8.78 Å². The maximum absolute atomic E-state index is 13.5. The Hall–Kier alpha value is -1.65. The van der Waals surface area contributed by atoms with Gasteiger partial charge in [-0.3, -0.25) is 4.79 Å². The molecule has 1 amide bonds. The summed E-state index contributed by atoms with van der Waals surface area (Å²) in [6.07, 6.45) is 0. The van der Waals surface area contributed by atoms with Gasteiger partial charge < -0.3 is 10.1 Å². The van der Waals surface area contributed by atoms with Crippen molar-refractivity contribution in [3.8, 4) is 5.75 Å². The van der Waals surface area contributed by atoms with E-state index in [1.165, 1.54) is 0 Å². The quantitative estimate of drug-likeness (QED) is 0.738. The number of benzene rings is 1. The SMILES string of the molecule is COc1c(F)cc2c(c1F)C(=O)NC2. The van der Waals surface area contributed by atoms with Crippen LogP contribution in [0.5, 0.6) is 5.75 Å². The number of fused-ring (bicyclic) bond motifs is 1. The molecule has 0 saturated heterocycles. The van der Waals surface area contributed by atoms with E-state index in [2.05, 4.69) is 10.1 Å². The fraction of sp³-hybridized carbons (Fsp3) is 0.222. The predicted octanol–water partition coefficient (Wildman–Crippen LogP) is 1.22. The average Bonchev–Trinajstić information content (AvgIpc) is 2.48. The summed E-state index contributed by atoms with van der Waals surface area (Å²) in [6, 6.07) is 1.11. The second kappa shape index (κ2) is 2.94. The molecule has 2 rings (SSSR count). The Morgan fingerprint density at radius 3 is 2.86 bits per heavy atom. The van der Waals surface area contributed by atoms with Gasteiger partial charge >= 0.3 is 0 Å². The van der Waals surface area contributed by atoms with Crippen molar-refractivity contribution in [3.05, 3.63) is 28.8 Å². The Labute approximate surface area is 78.7 Å². The van der Waals surface area contributed by atoms with E-state index >= 15 is 0 Å². The Kier molecular flexibility index (Phi) is 1.87. The van der Waals surface area contributed by atoms with Gasteiger partial charge in [-0.2, -0.15) is 0 Å². The van der Waals surface area contributed by atoms with Crippen LogP contribution < -0.4 is 10.1 Å². The predicted molar refractivity (Wildman–Crippen MR) is 44.1 cm³/mol. The molecular formula is C9H7F2NO2. The second-order valence-corrected chi connectivity index (χ2v) is 2.92. The smallest absolute Gasteiger partial charge is 0.255 e. The molecule has 1 aromatic carbocycles. The molecule has 3 nitrogen and oxygen atoms in total. The number of ether oxygens (including phenoxy) is 1. The summed E-state index contributed by atoms with van der Waals surface area (Å²) in [6.45, 7) is 0.159. The first-order valence-electron chi connectivity index (χ1n) is 3.98. The molecule has 1 N–H and O–H groups in total. The third-order valence-electron chi connectivity index (χ3n) is 2.13. The molecule has 5 heteroatoms. The molecule has 1 aliphatic rings. The normalized spacial score (nSPS) is 13.8. The lowest BCUT2D eigenvalue weighted by molar-refractivity contribution is 0.0961. The van der Waals surface area contributed by atoms with Gasteiger partial charge in [0.05, 0.1) is 12.7 Å². The third-order valence-corrected chi connectivity index (χ3v) is 2.13. The molecule has 0 radical (unpaired) electrons. The maximum Gasteiger partial charge on any atom is 0.255 e. The van der Waals surface area contributed by atoms with Gasteiger partial charge in [0.15, 0.2) is 17.4 Å². The van der Waals surface area contributed by atoms with E-state index in [0.717, 1.165) is 13.2 Å². The minimum Gasteiger partial charge on any atom is -0.491 e. The summed E-state index contributed by atoms with van der Waals surface area (Å²) in [4.78, 5) is 11.1. The number of carbonyl (C=O) groups excluding carboxylic acids is 1. The number of rotatable bonds is 1. The van der Waals surface area contributed by atoms with E-state index in [4.69, 9.17) is 0 Å². The van der Waals surface area contributed by atoms with Crippen molar-refractivity contribution in [3.63, 3.8) is 0 Å². The van der Waals surface area contributed by atoms with Gasteiger partial charge in [-0.25, -0.2) is 8.78 Å². The minimum atomic E-state index is -0.933. The number of halogens is 2. The number of nitrogens with one attached hydrogen (secondary N) is 1. The molecular weight excluding hydrogens is 192 g/mol. The van der Waals surface area contributed by atoms with E-state index in [9.17, 15) is 13.6 Å². The van der Waals surface area contributed by atoms with Crippen LogP contribution in [0.15, 0.2) is 6.07 Å². The number of amides is 1. The average molecular weight is 199 g/mol. The lowest BCUT2D eigenvalue weighted by Gasteiger charge is -2.05. The van der Waals surface area contributed by atoms with Crippen LogP contribution in [0.1, 0.15) is 15.9 Å². The van der Waals surface area contributed by atoms with Gasteiger partial charge in [0.25, 0.3) is 5.91 Å². The molecule has 0 aliphatic carbocycles. The summed E-state index contributed by atoms with van der Waals surface area (Å²) < 4.78 is 31.1. The zero-order valence-corrected chi connectivity index (χ0v) is 7.36. The van der Waals surface area contributed by atoms with Crippen molar-refractivity contribution >= 4 is 5.91 Å². The monoisotopic (exact) mass is 199 g/mol. The molecule has 0 spiro atoms. The molecule has 1 aliphatic heterocycles. The zero-order chi connectivity index (χ0) is 10.3. The molecule has 0 bridgehead atoms. The van der Waals surface area contributed by atoms with Crippen molar-refractivity contribution in [2.75, 3.05) is 7.11 Å². The van der Waals surface area contributed by atoms with Crippen molar-refractivity contribution in [1.82, 2.24) is 5.32 Å². The van der Waals surface area contributed by atoms with Crippen LogP contribution in [0.2, 0.25) is 0 Å². The summed E-state index contributed by atoms with van der Waals surface area (Å²) >= 11 is 0. The molecule has 0 fully saturated rings. The molecule has 1 aromatic rings. The largest absolute Gasteiger partial charge is 0.491 e. The zero-order valence-electron chi connectivity index (χ0n) is 7.36. The first-order chi connectivity index (χ1) is 6.65. The molecule has 1 heterocycles. The van der Waals surface area contributed by atoms with Crippen molar-refractivity contribution < 1.29 is 18.3 Å². The fourth-order valence-electron chi connectivity index (χ4n) is 1.49. The highest BCUT2D eigenvalue weighted by Crippen LogP contribution is 2.29. The highest BCUT2D eigenvalue weighted by Gasteiger charge is 2.28. The van der Waals surface area contributed by atoms with Gasteiger partial charge in [-0.05, 0) is 11.6 Å². The molecule has 0 atom stereocenters. The number of hydrogen-bond donors (Lipinski definition) is 1. The maximum atomic E-state index is 13.5. The van der Waals surface area contributed by atoms with Crippen molar-refractivity contribution in [2.45, 2.75) is 6.54 Å². The van der Waals surface area contributed by atoms with Crippen LogP contribution in [-0.4, -0.2) is 13.0 Å². The summed E-state index contributed by atoms with van der Waals surface area (Å²) in [7, 11) is 1.15. The standard InChI is InChI=1S/C9H7F2NO2/c1-14-8-5(10)2-4-3-12-9(13)6(4)7(8)11/h2H,3H2,1H3,(H,12,13). The number of hydrogen-bond acceptors (Lipinski definition) is 2. The molecule has 74 valence electrons. The van der Waals surface area contributed by atoms with E-state index in [1.54, 1.807) is 0 Å². The first-order valence-corrected chi connectivity index (χ1v) is 3.98. The summed E-state index contributed by atoms with van der Waals surface area (Å²) in [5, 5.41) is 2.40. The Bertz CT molecular complexity index is 418. The van der Waals surface area contributed by atoms with E-state index in [1.807, 2.05) is 0 Å². The Balaban J connectivity index is 2.70. The lowest BCUT2D eigenvalue weighted by atomic mass is 10.1. The van der Waals surface area contributed by atoms with E-state index < -0.39 is 23.3 Å². The van der Waals surface area contributed by atoms with Gasteiger partial charge in [0, 0.05) is 6.54 Å². The van der Waals surface area contributed by atoms with Crippen LogP contribution in [-0.2, 0) is 6.54 Å². The third kappa shape index (κ3) is 1.05. The van der Waals surface area contributed by atoms with Crippen molar-refractivity contribution in [2.24, 2.45) is 0 Å². The fourth-order valence-corrected chi connectivity index (χ4v) is 1.49. The van der Waals surface area contributed by atoms with Crippen molar-refractivity contribution in [1.29, 1.82) is 0 Å². The van der Waals surface area contributed by atoms with Gasteiger partial charge in [-0.15, -0.1) is 0 Å². The van der Waals surface area contributed by atoms with E-state index in [0.29, 0.717) is 5.56 Å². The van der Waals surface area contributed by atoms with Crippen LogP contribution in [0.3, 0.4) is 0 Å². The molecule has 0 aromatic heterocycles.